The summed E-state index contributed by atoms with van der Waals surface area (Å²) < 4.78 is 0. The van der Waals surface area contributed by atoms with Crippen molar-refractivity contribution in [3.63, 3.8) is 0 Å². The molecule has 0 radical (unpaired) electrons. The second-order valence-corrected chi connectivity index (χ2v) is 7.84. The van der Waals surface area contributed by atoms with E-state index in [1.807, 2.05) is 4.90 Å². The van der Waals surface area contributed by atoms with Gasteiger partial charge in [-0.2, -0.15) is 0 Å². The smallest absolute Gasteiger partial charge is 0.317 e. The predicted octanol–water partition coefficient (Wildman–Crippen LogP) is 3.19. The second kappa shape index (κ2) is 8.76. The van der Waals surface area contributed by atoms with Crippen LogP contribution < -0.4 is 5.32 Å². The van der Waals surface area contributed by atoms with E-state index in [1.165, 1.54) is 38.9 Å². The van der Waals surface area contributed by atoms with E-state index in [4.69, 9.17) is 0 Å². The highest BCUT2D eigenvalue weighted by Crippen LogP contribution is 2.21. The lowest BCUT2D eigenvalue weighted by molar-refractivity contribution is 0.138. The fourth-order valence-electron chi connectivity index (χ4n) is 4.12. The van der Waals surface area contributed by atoms with E-state index in [1.54, 1.807) is 0 Å². The van der Waals surface area contributed by atoms with Gasteiger partial charge in [-0.1, -0.05) is 20.8 Å². The summed E-state index contributed by atoms with van der Waals surface area (Å²) in [4.78, 5) is 16.7. The van der Waals surface area contributed by atoms with Crippen LogP contribution in [0.4, 0.5) is 4.79 Å². The summed E-state index contributed by atoms with van der Waals surface area (Å²) in [5.74, 6) is 2.33. The lowest BCUT2D eigenvalue weighted by atomic mass is 9.92. The van der Waals surface area contributed by atoms with Crippen LogP contribution in [-0.4, -0.2) is 55.1 Å². The summed E-state index contributed by atoms with van der Waals surface area (Å²) in [5, 5.41) is 3.10. The van der Waals surface area contributed by atoms with Gasteiger partial charge in [0.2, 0.25) is 0 Å². The number of carbonyl (C=O) groups is 1. The Balaban J connectivity index is 1.54. The van der Waals surface area contributed by atoms with Crippen LogP contribution in [0.3, 0.4) is 0 Å². The highest BCUT2D eigenvalue weighted by Gasteiger charge is 2.22. The van der Waals surface area contributed by atoms with Crippen LogP contribution in [0.1, 0.15) is 52.9 Å². The number of rotatable bonds is 5. The van der Waals surface area contributed by atoms with Crippen molar-refractivity contribution in [2.45, 2.75) is 52.9 Å². The van der Waals surface area contributed by atoms with E-state index in [2.05, 4.69) is 31.0 Å². The minimum absolute atomic E-state index is 0.145. The number of carbonyl (C=O) groups excluding carboxylic acids is 1. The Morgan fingerprint density at radius 3 is 2.45 bits per heavy atom. The zero-order valence-electron chi connectivity index (χ0n) is 14.8. The number of likely N-dealkylation sites (tertiary alicyclic amines) is 2. The molecule has 0 aliphatic carbocycles. The van der Waals surface area contributed by atoms with Gasteiger partial charge in [0.1, 0.15) is 0 Å². The van der Waals surface area contributed by atoms with E-state index >= 15 is 0 Å². The maximum atomic E-state index is 12.1. The molecule has 0 aromatic heterocycles. The third kappa shape index (κ3) is 5.79. The van der Waals surface area contributed by atoms with Crippen LogP contribution in [0.5, 0.6) is 0 Å². The first-order chi connectivity index (χ1) is 10.5. The van der Waals surface area contributed by atoms with Crippen molar-refractivity contribution in [3.05, 3.63) is 0 Å². The fraction of sp³-hybridized carbons (Fsp3) is 0.944. The van der Waals surface area contributed by atoms with Gasteiger partial charge in [-0.3, -0.25) is 0 Å². The topological polar surface area (TPSA) is 35.6 Å². The minimum Gasteiger partial charge on any atom is -0.338 e. The van der Waals surface area contributed by atoms with Gasteiger partial charge in [0.15, 0.2) is 0 Å². The standard InChI is InChI=1S/C18H35N3O/c1-15-7-6-10-21(14-15)18(22)19-8-4-5-9-20-12-16(2)11-17(3)13-20/h15-17H,4-14H2,1-3H3,(H,19,22). The molecule has 1 N–H and O–H groups in total. The summed E-state index contributed by atoms with van der Waals surface area (Å²) in [7, 11) is 0. The first-order valence-corrected chi connectivity index (χ1v) is 9.29. The van der Waals surface area contributed by atoms with Crippen molar-refractivity contribution in [2.75, 3.05) is 39.3 Å². The second-order valence-electron chi connectivity index (χ2n) is 7.84. The lowest BCUT2D eigenvalue weighted by Crippen LogP contribution is -2.45. The molecule has 128 valence electrons. The molecule has 4 heteroatoms. The first-order valence-electron chi connectivity index (χ1n) is 9.29. The van der Waals surface area contributed by atoms with Crippen molar-refractivity contribution >= 4 is 6.03 Å². The Kier molecular flexibility index (Phi) is 7.00. The van der Waals surface area contributed by atoms with Crippen LogP contribution in [0.25, 0.3) is 0 Å². The highest BCUT2D eigenvalue weighted by atomic mass is 16.2. The molecule has 2 saturated heterocycles. The summed E-state index contributed by atoms with van der Waals surface area (Å²) in [5.41, 5.74) is 0. The van der Waals surface area contributed by atoms with Gasteiger partial charge in [-0.15, -0.1) is 0 Å². The Labute approximate surface area is 136 Å². The number of unbranched alkanes of at least 4 members (excludes halogenated alkanes) is 1. The maximum absolute atomic E-state index is 12.1. The summed E-state index contributed by atoms with van der Waals surface area (Å²) in [6, 6.07) is 0.145. The van der Waals surface area contributed by atoms with Gasteiger partial charge in [-0.05, 0) is 56.4 Å². The first kappa shape index (κ1) is 17.6. The van der Waals surface area contributed by atoms with Crippen LogP contribution in [0.15, 0.2) is 0 Å². The molecule has 2 aliphatic heterocycles. The lowest BCUT2D eigenvalue weighted by Gasteiger charge is -2.35. The van der Waals surface area contributed by atoms with Crippen molar-refractivity contribution < 1.29 is 4.79 Å². The van der Waals surface area contributed by atoms with E-state index in [9.17, 15) is 4.79 Å². The Bertz CT molecular complexity index is 337. The van der Waals surface area contributed by atoms with E-state index in [0.717, 1.165) is 44.3 Å². The van der Waals surface area contributed by atoms with Gasteiger partial charge in [0.25, 0.3) is 0 Å². The number of amides is 2. The molecule has 2 heterocycles. The largest absolute Gasteiger partial charge is 0.338 e. The van der Waals surface area contributed by atoms with E-state index in [0.29, 0.717) is 5.92 Å². The number of nitrogens with one attached hydrogen (secondary N) is 1. The van der Waals surface area contributed by atoms with Crippen LogP contribution in [0.2, 0.25) is 0 Å². The van der Waals surface area contributed by atoms with Crippen LogP contribution in [-0.2, 0) is 0 Å². The normalized spacial score (nSPS) is 30.3. The molecule has 22 heavy (non-hydrogen) atoms. The molecule has 2 aliphatic rings. The number of nitrogens with zero attached hydrogens (tertiary/aromatic N) is 2. The molecule has 0 aromatic rings. The molecule has 4 nitrogen and oxygen atoms in total. The number of piperidine rings is 2. The molecule has 3 unspecified atom stereocenters. The molecule has 0 aromatic carbocycles. The molecule has 2 amide bonds. The number of hydrogen-bond donors (Lipinski definition) is 1. The SMILES string of the molecule is CC1CC(C)CN(CCCCNC(=O)N2CCCC(C)C2)C1. The zero-order valence-corrected chi connectivity index (χ0v) is 14.8. The molecular weight excluding hydrogens is 274 g/mol. The average molecular weight is 309 g/mol. The predicted molar refractivity (Wildman–Crippen MR) is 92.0 cm³/mol. The van der Waals surface area contributed by atoms with Crippen molar-refractivity contribution in [3.8, 4) is 0 Å². The van der Waals surface area contributed by atoms with E-state index < -0.39 is 0 Å². The Hall–Kier alpha value is -0.770. The van der Waals surface area contributed by atoms with Crippen LogP contribution >= 0.6 is 0 Å². The molecule has 0 spiro atoms. The van der Waals surface area contributed by atoms with Crippen molar-refractivity contribution in [2.24, 2.45) is 17.8 Å². The van der Waals surface area contributed by atoms with Gasteiger partial charge < -0.3 is 15.1 Å². The zero-order chi connectivity index (χ0) is 15.9. The molecule has 2 fully saturated rings. The third-order valence-corrected chi connectivity index (χ3v) is 5.07. The molecule has 3 atom stereocenters. The van der Waals surface area contributed by atoms with Crippen molar-refractivity contribution in [1.82, 2.24) is 15.1 Å². The van der Waals surface area contributed by atoms with Crippen LogP contribution in [0, 0.1) is 17.8 Å². The quantitative estimate of drug-likeness (QED) is 0.792. The highest BCUT2D eigenvalue weighted by molar-refractivity contribution is 5.74. The fourth-order valence-corrected chi connectivity index (χ4v) is 4.12. The maximum Gasteiger partial charge on any atom is 0.317 e. The average Bonchev–Trinajstić information content (AvgIpc) is 2.45. The van der Waals surface area contributed by atoms with Gasteiger partial charge >= 0.3 is 6.03 Å². The van der Waals surface area contributed by atoms with Gasteiger partial charge in [0, 0.05) is 32.7 Å². The minimum atomic E-state index is 0.145. The van der Waals surface area contributed by atoms with Gasteiger partial charge in [-0.25, -0.2) is 4.79 Å². The molecular formula is C18H35N3O. The molecule has 2 rings (SSSR count). The number of urea groups is 1. The van der Waals surface area contributed by atoms with Crippen molar-refractivity contribution in [1.29, 1.82) is 0 Å². The Morgan fingerprint density at radius 2 is 1.77 bits per heavy atom. The number of hydrogen-bond acceptors (Lipinski definition) is 2. The van der Waals surface area contributed by atoms with Gasteiger partial charge in [0.05, 0.1) is 0 Å². The molecule has 0 bridgehead atoms. The Morgan fingerprint density at radius 1 is 1.05 bits per heavy atom. The van der Waals surface area contributed by atoms with E-state index in [-0.39, 0.29) is 6.03 Å². The third-order valence-electron chi connectivity index (χ3n) is 5.07. The summed E-state index contributed by atoms with van der Waals surface area (Å²) >= 11 is 0. The monoisotopic (exact) mass is 309 g/mol. The molecule has 0 saturated carbocycles. The summed E-state index contributed by atoms with van der Waals surface area (Å²) in [6.07, 6.45) is 6.07. The summed E-state index contributed by atoms with van der Waals surface area (Å²) in [6.45, 7) is 13.3.